The van der Waals surface area contributed by atoms with E-state index in [2.05, 4.69) is 10.5 Å². The molecule has 1 saturated heterocycles. The van der Waals surface area contributed by atoms with Crippen molar-refractivity contribution in [3.8, 4) is 0 Å². The molecule has 6 heteroatoms. The molecule has 2 amide bonds. The SMILES string of the molecule is O=C1NCCN(C(=O)c2onc3c2CCCC3)C1Cc1ccccc1. The molecule has 1 aromatic carbocycles. The lowest BCUT2D eigenvalue weighted by Crippen LogP contribution is -2.58. The average Bonchev–Trinajstić information content (AvgIpc) is 3.08. The Morgan fingerprint density at radius 3 is 2.88 bits per heavy atom. The molecule has 4 rings (SSSR count). The van der Waals surface area contributed by atoms with Crippen molar-refractivity contribution in [1.82, 2.24) is 15.4 Å². The maximum atomic E-state index is 13.1. The first-order valence-corrected chi connectivity index (χ1v) is 8.84. The lowest BCUT2D eigenvalue weighted by Gasteiger charge is -2.34. The first-order valence-electron chi connectivity index (χ1n) is 8.84. The van der Waals surface area contributed by atoms with Crippen molar-refractivity contribution in [1.29, 1.82) is 0 Å². The molecule has 2 aromatic rings. The number of hydrogen-bond donors (Lipinski definition) is 1. The van der Waals surface area contributed by atoms with Crippen molar-refractivity contribution in [2.24, 2.45) is 0 Å². The number of fused-ring (bicyclic) bond motifs is 1. The summed E-state index contributed by atoms with van der Waals surface area (Å²) in [5.74, 6) is -0.00858. The molecule has 130 valence electrons. The highest BCUT2D eigenvalue weighted by molar-refractivity contribution is 5.97. The number of nitrogens with one attached hydrogen (secondary N) is 1. The summed E-state index contributed by atoms with van der Waals surface area (Å²) >= 11 is 0. The Labute approximate surface area is 146 Å². The van der Waals surface area contributed by atoms with Gasteiger partial charge in [0.2, 0.25) is 11.7 Å². The first-order chi connectivity index (χ1) is 12.2. The Balaban J connectivity index is 1.61. The number of aryl methyl sites for hydroxylation is 1. The smallest absolute Gasteiger partial charge is 0.293 e. The van der Waals surface area contributed by atoms with E-state index in [-0.39, 0.29) is 11.8 Å². The highest BCUT2D eigenvalue weighted by Gasteiger charge is 2.37. The Kier molecular flexibility index (Phi) is 4.26. The van der Waals surface area contributed by atoms with Crippen molar-refractivity contribution in [3.05, 3.63) is 52.9 Å². The summed E-state index contributed by atoms with van der Waals surface area (Å²) in [6.45, 7) is 0.948. The number of hydrogen-bond acceptors (Lipinski definition) is 4. The van der Waals surface area contributed by atoms with E-state index >= 15 is 0 Å². The van der Waals surface area contributed by atoms with Crippen LogP contribution in [-0.4, -0.2) is 41.0 Å². The fourth-order valence-electron chi connectivity index (χ4n) is 3.69. The van der Waals surface area contributed by atoms with Crippen LogP contribution in [0.1, 0.15) is 40.2 Å². The van der Waals surface area contributed by atoms with Gasteiger partial charge in [0.05, 0.1) is 5.69 Å². The van der Waals surface area contributed by atoms with E-state index in [0.717, 1.165) is 42.5 Å². The monoisotopic (exact) mass is 339 g/mol. The minimum atomic E-state index is -0.520. The van der Waals surface area contributed by atoms with Crippen molar-refractivity contribution in [3.63, 3.8) is 0 Å². The van der Waals surface area contributed by atoms with Gasteiger partial charge in [-0.25, -0.2) is 0 Å². The largest absolute Gasteiger partial charge is 0.353 e. The molecule has 6 nitrogen and oxygen atoms in total. The van der Waals surface area contributed by atoms with E-state index in [9.17, 15) is 9.59 Å². The topological polar surface area (TPSA) is 75.4 Å². The molecule has 0 bridgehead atoms. The molecular formula is C19H21N3O3. The molecule has 1 fully saturated rings. The summed E-state index contributed by atoms with van der Waals surface area (Å²) in [7, 11) is 0. The Hall–Kier alpha value is -2.63. The van der Waals surface area contributed by atoms with Gasteiger partial charge in [-0.05, 0) is 31.2 Å². The second-order valence-electron chi connectivity index (χ2n) is 6.64. The van der Waals surface area contributed by atoms with Crippen molar-refractivity contribution >= 4 is 11.8 Å². The maximum absolute atomic E-state index is 13.1. The predicted octanol–water partition coefficient (Wildman–Crippen LogP) is 1.74. The van der Waals surface area contributed by atoms with Crippen LogP contribution in [0.15, 0.2) is 34.9 Å². The fraction of sp³-hybridized carbons (Fsp3) is 0.421. The van der Waals surface area contributed by atoms with Gasteiger partial charge in [0, 0.05) is 25.1 Å². The molecule has 1 unspecified atom stereocenters. The summed E-state index contributed by atoms with van der Waals surface area (Å²) in [5, 5.41) is 6.94. The van der Waals surface area contributed by atoms with Crippen LogP contribution >= 0.6 is 0 Å². The molecule has 2 heterocycles. The first kappa shape index (κ1) is 15.9. The number of carbonyl (C=O) groups is 2. The standard InChI is InChI=1S/C19H21N3O3/c23-18-16(12-13-6-2-1-3-7-13)22(11-10-20-18)19(24)17-14-8-4-5-9-15(14)21-25-17/h1-3,6-7,16H,4-5,8-12H2,(H,20,23). The number of aromatic nitrogens is 1. The van der Waals surface area contributed by atoms with Gasteiger partial charge in [-0.3, -0.25) is 9.59 Å². The van der Waals surface area contributed by atoms with E-state index in [4.69, 9.17) is 4.52 Å². The average molecular weight is 339 g/mol. The molecule has 2 aliphatic rings. The number of nitrogens with zero attached hydrogens (tertiary/aromatic N) is 2. The van der Waals surface area contributed by atoms with Crippen LogP contribution in [0.2, 0.25) is 0 Å². The van der Waals surface area contributed by atoms with Gasteiger partial charge in [0.15, 0.2) is 0 Å². The lowest BCUT2D eigenvalue weighted by atomic mass is 9.95. The molecule has 1 atom stereocenters. The third-order valence-corrected chi connectivity index (χ3v) is 5.02. The summed E-state index contributed by atoms with van der Waals surface area (Å²) in [6.07, 6.45) is 4.30. The van der Waals surface area contributed by atoms with Crippen LogP contribution in [0.4, 0.5) is 0 Å². The molecule has 0 radical (unpaired) electrons. The van der Waals surface area contributed by atoms with Gasteiger partial charge in [0.25, 0.3) is 5.91 Å². The maximum Gasteiger partial charge on any atom is 0.293 e. The minimum absolute atomic E-state index is 0.114. The lowest BCUT2D eigenvalue weighted by molar-refractivity contribution is -0.127. The van der Waals surface area contributed by atoms with Crippen molar-refractivity contribution in [2.45, 2.75) is 38.1 Å². The van der Waals surface area contributed by atoms with Crippen LogP contribution in [0.3, 0.4) is 0 Å². The van der Waals surface area contributed by atoms with Crippen molar-refractivity contribution < 1.29 is 14.1 Å². The molecule has 25 heavy (non-hydrogen) atoms. The van der Waals surface area contributed by atoms with Crippen LogP contribution in [-0.2, 0) is 24.1 Å². The number of amides is 2. The third kappa shape index (κ3) is 3.04. The van der Waals surface area contributed by atoms with Crippen LogP contribution in [0.5, 0.6) is 0 Å². The molecule has 1 N–H and O–H groups in total. The minimum Gasteiger partial charge on any atom is -0.353 e. The molecule has 0 spiro atoms. The summed E-state index contributed by atoms with van der Waals surface area (Å²) < 4.78 is 5.39. The Morgan fingerprint density at radius 2 is 2.04 bits per heavy atom. The van der Waals surface area contributed by atoms with Gasteiger partial charge in [0.1, 0.15) is 6.04 Å². The molecule has 1 aliphatic heterocycles. The molecule has 1 aromatic heterocycles. The van der Waals surface area contributed by atoms with Gasteiger partial charge >= 0.3 is 0 Å². The number of rotatable bonds is 3. The summed E-state index contributed by atoms with van der Waals surface area (Å²) in [4.78, 5) is 27.2. The van der Waals surface area contributed by atoms with Gasteiger partial charge < -0.3 is 14.7 Å². The van der Waals surface area contributed by atoms with Crippen LogP contribution in [0, 0.1) is 0 Å². The Morgan fingerprint density at radius 1 is 1.24 bits per heavy atom. The van der Waals surface area contributed by atoms with Gasteiger partial charge in [-0.15, -0.1) is 0 Å². The highest BCUT2D eigenvalue weighted by atomic mass is 16.5. The van der Waals surface area contributed by atoms with E-state index < -0.39 is 6.04 Å². The Bertz CT molecular complexity index is 784. The van der Waals surface area contributed by atoms with Crippen LogP contribution < -0.4 is 5.32 Å². The normalized spacial score (nSPS) is 20.1. The fourth-order valence-corrected chi connectivity index (χ4v) is 3.69. The van der Waals surface area contributed by atoms with E-state index in [0.29, 0.717) is 25.3 Å². The number of piperazine rings is 1. The van der Waals surface area contributed by atoms with Crippen LogP contribution in [0.25, 0.3) is 0 Å². The van der Waals surface area contributed by atoms with Gasteiger partial charge in [-0.2, -0.15) is 0 Å². The zero-order chi connectivity index (χ0) is 17.2. The zero-order valence-electron chi connectivity index (χ0n) is 14.0. The number of carbonyl (C=O) groups excluding carboxylic acids is 2. The second-order valence-corrected chi connectivity index (χ2v) is 6.64. The van der Waals surface area contributed by atoms with Crippen molar-refractivity contribution in [2.75, 3.05) is 13.1 Å². The quantitative estimate of drug-likeness (QED) is 0.924. The highest BCUT2D eigenvalue weighted by Crippen LogP contribution is 2.26. The third-order valence-electron chi connectivity index (χ3n) is 5.02. The zero-order valence-corrected chi connectivity index (χ0v) is 14.0. The summed E-state index contributed by atoms with van der Waals surface area (Å²) in [5.41, 5.74) is 2.86. The predicted molar refractivity (Wildman–Crippen MR) is 91.1 cm³/mol. The van der Waals surface area contributed by atoms with E-state index in [1.54, 1.807) is 4.90 Å². The van der Waals surface area contributed by atoms with E-state index in [1.165, 1.54) is 0 Å². The second kappa shape index (κ2) is 6.70. The molecule has 0 saturated carbocycles. The van der Waals surface area contributed by atoms with E-state index in [1.807, 2.05) is 30.3 Å². The number of benzene rings is 1. The summed E-state index contributed by atoms with van der Waals surface area (Å²) in [6, 6.07) is 9.24. The van der Waals surface area contributed by atoms with Gasteiger partial charge in [-0.1, -0.05) is 35.5 Å². The molecular weight excluding hydrogens is 318 g/mol. The molecule has 1 aliphatic carbocycles.